The minimum absolute atomic E-state index is 0.118. The summed E-state index contributed by atoms with van der Waals surface area (Å²) in [5.74, 6) is -0.0607. The first-order valence-corrected chi connectivity index (χ1v) is 13.5. The molecule has 1 aliphatic heterocycles. The first kappa shape index (κ1) is 30.3. The Hall–Kier alpha value is -3.67. The second kappa shape index (κ2) is 12.9. The standard InChI is InChI=1S/C27H29AsF3N7O3/c1-36-8-10-38(11-9-36)16-18-5-4-17(12-22(18)27(29,30)31)24(39)33-19-13-20(15-21(14-19)41-3)34-26(40)37(2)23-6-7-32-25(28)35-23/h4-7,12-15H,8-11,16H2,1-3H3,(H,33,39)(H,34,40). The molecular formula is C27H29AsF3N7O3. The molecule has 216 valence electrons. The molecule has 3 amide bonds. The Labute approximate surface area is 244 Å². The van der Waals surface area contributed by atoms with Gasteiger partial charge in [0.2, 0.25) is 0 Å². The first-order chi connectivity index (χ1) is 19.4. The van der Waals surface area contributed by atoms with Crippen LogP contribution in [0, 0.1) is 0 Å². The van der Waals surface area contributed by atoms with Gasteiger partial charge in [0.15, 0.2) is 0 Å². The van der Waals surface area contributed by atoms with Crippen molar-refractivity contribution in [3.63, 3.8) is 0 Å². The van der Waals surface area contributed by atoms with Crippen LogP contribution in [0.15, 0.2) is 48.7 Å². The Morgan fingerprint density at radius 3 is 2.37 bits per heavy atom. The fraction of sp³-hybridized carbons (Fsp3) is 0.333. The van der Waals surface area contributed by atoms with Gasteiger partial charge >= 0.3 is 153 Å². The molecule has 4 rings (SSSR count). The van der Waals surface area contributed by atoms with E-state index in [1.54, 1.807) is 12.1 Å². The van der Waals surface area contributed by atoms with E-state index >= 15 is 0 Å². The van der Waals surface area contributed by atoms with Gasteiger partial charge in [-0.05, 0) is 24.7 Å². The van der Waals surface area contributed by atoms with E-state index in [9.17, 15) is 22.8 Å². The van der Waals surface area contributed by atoms with Crippen LogP contribution in [0.25, 0.3) is 0 Å². The van der Waals surface area contributed by atoms with E-state index in [1.165, 1.54) is 49.5 Å². The van der Waals surface area contributed by atoms with Crippen molar-refractivity contribution < 1.29 is 27.5 Å². The number of piperazine rings is 1. The van der Waals surface area contributed by atoms with Crippen LogP contribution in [0.4, 0.5) is 35.2 Å². The molecule has 2 radical (unpaired) electrons. The summed E-state index contributed by atoms with van der Waals surface area (Å²) < 4.78 is 47.7. The van der Waals surface area contributed by atoms with Gasteiger partial charge in [-0.1, -0.05) is 6.07 Å². The van der Waals surface area contributed by atoms with Gasteiger partial charge in [-0.25, -0.2) is 0 Å². The first-order valence-electron chi connectivity index (χ1n) is 12.6. The average Bonchev–Trinajstić information content (AvgIpc) is 2.93. The Bertz CT molecular complexity index is 1420. The van der Waals surface area contributed by atoms with Gasteiger partial charge in [0, 0.05) is 32.7 Å². The fourth-order valence-corrected chi connectivity index (χ4v) is 4.62. The fourth-order valence-electron chi connectivity index (χ4n) is 4.27. The van der Waals surface area contributed by atoms with Crippen molar-refractivity contribution in [3.8, 4) is 5.75 Å². The topological polar surface area (TPSA) is 103 Å². The third-order valence-electron chi connectivity index (χ3n) is 6.60. The number of rotatable bonds is 7. The number of methoxy groups -OCH3 is 1. The number of aromatic nitrogens is 2. The Morgan fingerprint density at radius 2 is 1.73 bits per heavy atom. The van der Waals surface area contributed by atoms with Crippen LogP contribution in [0.3, 0.4) is 0 Å². The van der Waals surface area contributed by atoms with E-state index in [1.807, 2.05) is 11.9 Å². The zero-order valence-corrected chi connectivity index (χ0v) is 24.6. The summed E-state index contributed by atoms with van der Waals surface area (Å²) in [5.41, 5.74) is -0.365. The number of urea groups is 1. The molecule has 1 aliphatic rings. The molecule has 2 aromatic carbocycles. The number of carbonyl (C=O) groups excluding carboxylic acids is 2. The van der Waals surface area contributed by atoms with Crippen molar-refractivity contribution in [3.05, 3.63) is 65.4 Å². The number of benzene rings is 2. The van der Waals surface area contributed by atoms with Gasteiger partial charge < -0.3 is 4.90 Å². The molecule has 2 heterocycles. The van der Waals surface area contributed by atoms with E-state index in [0.29, 0.717) is 29.3 Å². The van der Waals surface area contributed by atoms with E-state index in [0.717, 1.165) is 19.2 Å². The monoisotopic (exact) mass is 631 g/mol. The van der Waals surface area contributed by atoms with Gasteiger partial charge in [0.05, 0.1) is 5.56 Å². The normalized spacial score (nSPS) is 14.4. The number of amides is 3. The quantitative estimate of drug-likeness (QED) is 0.387. The van der Waals surface area contributed by atoms with Crippen LogP contribution in [-0.2, 0) is 12.7 Å². The molecule has 0 saturated carbocycles. The number of carbonyl (C=O) groups is 2. The number of likely N-dealkylation sites (N-methyl/N-ethyl adjacent to an activating group) is 1. The molecule has 0 aliphatic carbocycles. The van der Waals surface area contributed by atoms with E-state index in [4.69, 9.17) is 4.74 Å². The summed E-state index contributed by atoms with van der Waals surface area (Å²) in [6.45, 7) is 3.03. The van der Waals surface area contributed by atoms with Crippen molar-refractivity contribution in [1.29, 1.82) is 0 Å². The van der Waals surface area contributed by atoms with Gasteiger partial charge in [-0.3, -0.25) is 4.90 Å². The molecule has 41 heavy (non-hydrogen) atoms. The second-order valence-electron chi connectivity index (χ2n) is 9.56. The summed E-state index contributed by atoms with van der Waals surface area (Å²) in [6.07, 6.45) is -3.11. The summed E-state index contributed by atoms with van der Waals surface area (Å²) in [5, 5.41) is 5.31. The number of anilines is 3. The molecule has 0 bridgehead atoms. The molecule has 3 aromatic rings. The average molecular weight is 631 g/mol. The molecule has 1 aromatic heterocycles. The Balaban J connectivity index is 1.51. The van der Waals surface area contributed by atoms with Crippen LogP contribution in [0.1, 0.15) is 21.5 Å². The molecule has 10 nitrogen and oxygen atoms in total. The predicted octanol–water partition coefficient (Wildman–Crippen LogP) is 2.97. The maximum absolute atomic E-state index is 14.0. The molecule has 1 fully saturated rings. The zero-order valence-electron chi connectivity index (χ0n) is 22.7. The van der Waals surface area contributed by atoms with Crippen molar-refractivity contribution in [2.24, 2.45) is 0 Å². The summed E-state index contributed by atoms with van der Waals surface area (Å²) in [7, 11) is 4.91. The number of nitrogens with zero attached hydrogens (tertiary/aromatic N) is 5. The van der Waals surface area contributed by atoms with Crippen molar-refractivity contribution in [2.75, 3.05) is 62.9 Å². The molecule has 1 saturated heterocycles. The number of hydrogen-bond donors (Lipinski definition) is 2. The summed E-state index contributed by atoms with van der Waals surface area (Å²) in [4.78, 5) is 39.4. The number of nitrogens with one attached hydrogen (secondary N) is 2. The minimum atomic E-state index is -4.63. The third-order valence-corrected chi connectivity index (χ3v) is 7.05. The zero-order chi connectivity index (χ0) is 29.7. The maximum atomic E-state index is 14.0. The molecular weight excluding hydrogens is 602 g/mol. The molecule has 0 atom stereocenters. The number of halogens is 3. The number of alkyl halides is 3. The van der Waals surface area contributed by atoms with Gasteiger partial charge in [0.25, 0.3) is 0 Å². The predicted molar refractivity (Wildman–Crippen MR) is 150 cm³/mol. The van der Waals surface area contributed by atoms with Gasteiger partial charge in [-0.2, -0.15) is 13.2 Å². The summed E-state index contributed by atoms with van der Waals surface area (Å²) in [6, 6.07) is 9.17. The van der Waals surface area contributed by atoms with Crippen LogP contribution in [-0.4, -0.2) is 95.9 Å². The van der Waals surface area contributed by atoms with Crippen LogP contribution < -0.4 is 24.9 Å². The van der Waals surface area contributed by atoms with Gasteiger partial charge in [0.1, 0.15) is 0 Å². The van der Waals surface area contributed by atoms with Crippen molar-refractivity contribution in [2.45, 2.75) is 12.7 Å². The number of ether oxygens (including phenoxy) is 1. The van der Waals surface area contributed by atoms with Crippen molar-refractivity contribution in [1.82, 2.24) is 19.8 Å². The number of hydrogen-bond acceptors (Lipinski definition) is 7. The SMILES string of the molecule is COc1cc(NC(=O)c2ccc(CN3CCN(C)CC3)c(C(F)(F)F)c2)cc(NC(=O)N(C)c2ccnc([As])n2)c1. The Morgan fingerprint density at radius 1 is 1.05 bits per heavy atom. The molecule has 0 spiro atoms. The van der Waals surface area contributed by atoms with E-state index in [-0.39, 0.29) is 29.0 Å². The van der Waals surface area contributed by atoms with Crippen LogP contribution in [0.2, 0.25) is 0 Å². The second-order valence-corrected chi connectivity index (χ2v) is 10.4. The molecule has 14 heteroatoms. The Kier molecular flexibility index (Phi) is 9.52. The van der Waals surface area contributed by atoms with Crippen LogP contribution >= 0.6 is 0 Å². The van der Waals surface area contributed by atoms with Gasteiger partial charge in [-0.15, -0.1) is 0 Å². The van der Waals surface area contributed by atoms with E-state index in [2.05, 4.69) is 42.4 Å². The van der Waals surface area contributed by atoms with Crippen LogP contribution in [0.5, 0.6) is 5.75 Å². The third kappa shape index (κ3) is 7.96. The summed E-state index contributed by atoms with van der Waals surface area (Å²) >= 11 is 2.19. The van der Waals surface area contributed by atoms with E-state index < -0.39 is 23.7 Å². The molecule has 2 N–H and O–H groups in total. The molecule has 0 unspecified atom stereocenters. The van der Waals surface area contributed by atoms with Crippen molar-refractivity contribution >= 4 is 50.6 Å².